The van der Waals surface area contributed by atoms with Gasteiger partial charge in [-0.2, -0.15) is 0 Å². The molecule has 2 heterocycles. The highest BCUT2D eigenvalue weighted by Gasteiger charge is 2.43. The predicted molar refractivity (Wildman–Crippen MR) is 85.8 cm³/mol. The predicted octanol–water partition coefficient (Wildman–Crippen LogP) is 1.92. The van der Waals surface area contributed by atoms with Gasteiger partial charge in [0.15, 0.2) is 0 Å². The first-order chi connectivity index (χ1) is 9.99. The van der Waals surface area contributed by atoms with Crippen LogP contribution >= 0.6 is 0 Å². The van der Waals surface area contributed by atoms with E-state index >= 15 is 0 Å². The highest BCUT2D eigenvalue weighted by atomic mass is 16.2. The Bertz CT molecular complexity index is 525. The minimum absolute atomic E-state index is 0.187. The molecule has 1 aromatic carbocycles. The van der Waals surface area contributed by atoms with Crippen molar-refractivity contribution in [3.8, 4) is 0 Å². The van der Waals surface area contributed by atoms with Crippen LogP contribution < -0.4 is 4.90 Å². The number of nitrogens with zero attached hydrogens (tertiary/aromatic N) is 3. The third-order valence-electron chi connectivity index (χ3n) is 4.99. The fourth-order valence-corrected chi connectivity index (χ4v) is 3.69. The topological polar surface area (TPSA) is 26.8 Å². The number of anilines is 1. The summed E-state index contributed by atoms with van der Waals surface area (Å²) in [5.74, 6) is 0.187. The fourth-order valence-electron chi connectivity index (χ4n) is 3.69. The average molecular weight is 287 g/mol. The van der Waals surface area contributed by atoms with Crippen LogP contribution in [0.15, 0.2) is 24.3 Å². The van der Waals surface area contributed by atoms with Crippen LogP contribution in [0.3, 0.4) is 0 Å². The molecule has 21 heavy (non-hydrogen) atoms. The van der Waals surface area contributed by atoms with Crippen molar-refractivity contribution in [2.45, 2.75) is 12.8 Å². The highest BCUT2D eigenvalue weighted by Crippen LogP contribution is 2.39. The van der Waals surface area contributed by atoms with Crippen molar-refractivity contribution in [2.24, 2.45) is 5.41 Å². The first kappa shape index (κ1) is 14.4. The summed E-state index contributed by atoms with van der Waals surface area (Å²) in [6, 6.07) is 7.93. The first-order valence-corrected chi connectivity index (χ1v) is 7.74. The Morgan fingerprint density at radius 2 is 1.76 bits per heavy atom. The van der Waals surface area contributed by atoms with Crippen LogP contribution in [-0.2, 0) is 0 Å². The number of likely N-dealkylation sites (tertiary alicyclic amines) is 2. The van der Waals surface area contributed by atoms with Crippen LogP contribution in [0.4, 0.5) is 5.69 Å². The van der Waals surface area contributed by atoms with Crippen molar-refractivity contribution in [3.63, 3.8) is 0 Å². The molecule has 1 amide bonds. The maximum Gasteiger partial charge on any atom is 0.253 e. The van der Waals surface area contributed by atoms with Gasteiger partial charge in [0.1, 0.15) is 0 Å². The van der Waals surface area contributed by atoms with Gasteiger partial charge in [-0.1, -0.05) is 0 Å². The Morgan fingerprint density at radius 1 is 1.10 bits per heavy atom. The highest BCUT2D eigenvalue weighted by molar-refractivity contribution is 5.94. The van der Waals surface area contributed by atoms with Gasteiger partial charge < -0.3 is 14.7 Å². The molecule has 1 aromatic rings. The molecule has 1 unspecified atom stereocenters. The lowest BCUT2D eigenvalue weighted by atomic mass is 9.86. The zero-order valence-electron chi connectivity index (χ0n) is 13.3. The molecular weight excluding hydrogens is 262 g/mol. The molecule has 2 fully saturated rings. The van der Waals surface area contributed by atoms with E-state index in [0.717, 1.165) is 37.3 Å². The number of amides is 1. The number of rotatable bonds is 2. The van der Waals surface area contributed by atoms with Gasteiger partial charge in [0.2, 0.25) is 0 Å². The zero-order valence-corrected chi connectivity index (χ0v) is 13.3. The Balaban J connectivity index is 1.69. The van der Waals surface area contributed by atoms with Crippen molar-refractivity contribution < 1.29 is 4.79 Å². The van der Waals surface area contributed by atoms with E-state index in [1.54, 1.807) is 0 Å². The lowest BCUT2D eigenvalue weighted by molar-refractivity contribution is 0.0774. The quantitative estimate of drug-likeness (QED) is 0.831. The molecule has 2 aliphatic heterocycles. The van der Waals surface area contributed by atoms with Gasteiger partial charge in [-0.15, -0.1) is 0 Å². The third-order valence-corrected chi connectivity index (χ3v) is 4.99. The molecule has 2 saturated heterocycles. The number of carbonyl (C=O) groups excluding carboxylic acids is 1. The molecule has 4 nitrogen and oxygen atoms in total. The molecule has 2 aliphatic rings. The largest absolute Gasteiger partial charge is 0.378 e. The number of carbonyl (C=O) groups is 1. The maximum atomic E-state index is 12.6. The number of hydrogen-bond donors (Lipinski definition) is 0. The second-order valence-corrected chi connectivity index (χ2v) is 6.91. The molecule has 0 radical (unpaired) electrons. The van der Waals surface area contributed by atoms with Crippen LogP contribution in [0.25, 0.3) is 0 Å². The van der Waals surface area contributed by atoms with Crippen LogP contribution in [0.1, 0.15) is 23.2 Å². The fraction of sp³-hybridized carbons (Fsp3) is 0.588. The van der Waals surface area contributed by atoms with Crippen LogP contribution in [0.5, 0.6) is 0 Å². The standard InChI is InChI=1S/C17H25N3O/c1-18(2)15-6-4-14(5-7-15)16(21)20-11-9-17(13-20)8-10-19(3)12-17/h4-7H,8-13H2,1-3H3. The minimum Gasteiger partial charge on any atom is -0.378 e. The molecule has 0 aromatic heterocycles. The lowest BCUT2D eigenvalue weighted by Gasteiger charge is -2.24. The van der Waals surface area contributed by atoms with Crippen LogP contribution in [0.2, 0.25) is 0 Å². The van der Waals surface area contributed by atoms with Crippen LogP contribution in [-0.4, -0.2) is 63.0 Å². The van der Waals surface area contributed by atoms with Crippen molar-refractivity contribution >= 4 is 11.6 Å². The molecule has 1 spiro atoms. The van der Waals surface area contributed by atoms with Gasteiger partial charge in [0, 0.05) is 50.4 Å². The molecule has 3 rings (SSSR count). The van der Waals surface area contributed by atoms with Gasteiger partial charge in [0.05, 0.1) is 0 Å². The van der Waals surface area contributed by atoms with Crippen molar-refractivity contribution in [2.75, 3.05) is 52.2 Å². The molecule has 0 aliphatic carbocycles. The molecule has 0 bridgehead atoms. The normalized spacial score (nSPS) is 25.8. The molecule has 1 atom stereocenters. The second kappa shape index (κ2) is 5.34. The summed E-state index contributed by atoms with van der Waals surface area (Å²) >= 11 is 0. The van der Waals surface area contributed by atoms with Gasteiger partial charge in [-0.05, 0) is 50.7 Å². The van der Waals surface area contributed by atoms with Gasteiger partial charge >= 0.3 is 0 Å². The smallest absolute Gasteiger partial charge is 0.253 e. The molecule has 4 heteroatoms. The van der Waals surface area contributed by atoms with Gasteiger partial charge in [0.25, 0.3) is 5.91 Å². The van der Waals surface area contributed by atoms with E-state index in [2.05, 4.69) is 11.9 Å². The van der Waals surface area contributed by atoms with E-state index in [9.17, 15) is 4.79 Å². The van der Waals surface area contributed by atoms with E-state index in [-0.39, 0.29) is 5.91 Å². The summed E-state index contributed by atoms with van der Waals surface area (Å²) in [6.07, 6.45) is 2.38. The summed E-state index contributed by atoms with van der Waals surface area (Å²) in [5.41, 5.74) is 2.29. The number of hydrogen-bond acceptors (Lipinski definition) is 3. The van der Waals surface area contributed by atoms with Crippen molar-refractivity contribution in [1.29, 1.82) is 0 Å². The Kier molecular flexibility index (Phi) is 3.66. The van der Waals surface area contributed by atoms with Crippen LogP contribution in [0, 0.1) is 5.41 Å². The minimum atomic E-state index is 0.187. The summed E-state index contributed by atoms with van der Waals surface area (Å²) in [7, 11) is 6.20. The molecule has 0 saturated carbocycles. The monoisotopic (exact) mass is 287 g/mol. The van der Waals surface area contributed by atoms with E-state index in [1.165, 1.54) is 13.0 Å². The van der Waals surface area contributed by atoms with E-state index in [1.807, 2.05) is 48.2 Å². The van der Waals surface area contributed by atoms with Gasteiger partial charge in [-0.25, -0.2) is 0 Å². The van der Waals surface area contributed by atoms with E-state index in [4.69, 9.17) is 0 Å². The maximum absolute atomic E-state index is 12.6. The zero-order chi connectivity index (χ0) is 15.0. The Labute approximate surface area is 127 Å². The summed E-state index contributed by atoms with van der Waals surface area (Å²) in [6.45, 7) is 4.13. The lowest BCUT2D eigenvalue weighted by Crippen LogP contribution is -2.33. The van der Waals surface area contributed by atoms with Crippen molar-refractivity contribution in [1.82, 2.24) is 9.80 Å². The summed E-state index contributed by atoms with van der Waals surface area (Å²) < 4.78 is 0. The first-order valence-electron chi connectivity index (χ1n) is 7.74. The summed E-state index contributed by atoms with van der Waals surface area (Å²) in [5, 5.41) is 0. The molecule has 114 valence electrons. The number of benzene rings is 1. The average Bonchev–Trinajstić information content (AvgIpc) is 3.05. The summed E-state index contributed by atoms with van der Waals surface area (Å²) in [4.78, 5) is 19.1. The molecular formula is C17H25N3O. The Morgan fingerprint density at radius 3 is 2.33 bits per heavy atom. The second-order valence-electron chi connectivity index (χ2n) is 6.91. The van der Waals surface area contributed by atoms with Gasteiger partial charge in [-0.3, -0.25) is 4.79 Å². The van der Waals surface area contributed by atoms with Crippen molar-refractivity contribution in [3.05, 3.63) is 29.8 Å². The van der Waals surface area contributed by atoms with E-state index < -0.39 is 0 Å². The SMILES string of the molecule is CN1CCC2(CCN(C(=O)c3ccc(N(C)C)cc3)C2)C1. The molecule has 0 N–H and O–H groups in total. The Hall–Kier alpha value is -1.55. The third kappa shape index (κ3) is 2.77. The van der Waals surface area contributed by atoms with E-state index in [0.29, 0.717) is 5.41 Å².